The SMILES string of the molecule is Cc1cc(-c2ccccc2)c2ccc3ccc(-c4cccc(-c5ccc(C(N=C(N)c6ccccc6)=NC(C)c6ccncc6)cc5)c4)nc3c2n1. The standard InChI is InChI=1S/C46H36N6/c1-30-28-41(34-10-5-3-6-11-34)40-22-20-35-21-23-42(51-43(35)44(40)49-30)39-15-9-14-38(29-39)33-16-18-37(19-17-33)46(50-31(2)32-24-26-48-27-25-32)52-45(47)36-12-7-4-8-13-36/h3-29,31H,1-2H3,(H2,47,50,52). The Hall–Kier alpha value is -6.79. The summed E-state index contributed by atoms with van der Waals surface area (Å²) in [5.74, 6) is 0.980. The number of aryl methyl sites for hydroxylation is 1. The van der Waals surface area contributed by atoms with Gasteiger partial charge in [0.1, 0.15) is 5.84 Å². The van der Waals surface area contributed by atoms with E-state index in [1.165, 1.54) is 5.56 Å². The van der Waals surface area contributed by atoms with Gasteiger partial charge in [-0.25, -0.2) is 9.98 Å². The van der Waals surface area contributed by atoms with Crippen LogP contribution in [0.25, 0.3) is 55.3 Å². The third-order valence-electron chi connectivity index (χ3n) is 9.29. The highest BCUT2D eigenvalue weighted by Crippen LogP contribution is 2.34. The van der Waals surface area contributed by atoms with Crippen molar-refractivity contribution in [3.05, 3.63) is 186 Å². The van der Waals surface area contributed by atoms with Crippen LogP contribution in [0.1, 0.15) is 35.3 Å². The van der Waals surface area contributed by atoms with Crippen LogP contribution in [0.3, 0.4) is 0 Å². The van der Waals surface area contributed by atoms with Crippen LogP contribution in [0.2, 0.25) is 0 Å². The molecule has 6 nitrogen and oxygen atoms in total. The van der Waals surface area contributed by atoms with Crippen LogP contribution in [0.5, 0.6) is 0 Å². The zero-order valence-corrected chi connectivity index (χ0v) is 29.0. The second-order valence-corrected chi connectivity index (χ2v) is 12.8. The molecule has 0 bridgehead atoms. The van der Waals surface area contributed by atoms with Crippen molar-refractivity contribution in [1.29, 1.82) is 0 Å². The van der Waals surface area contributed by atoms with E-state index in [0.717, 1.165) is 72.1 Å². The van der Waals surface area contributed by atoms with E-state index in [1.807, 2.05) is 62.4 Å². The van der Waals surface area contributed by atoms with E-state index in [4.69, 9.17) is 25.7 Å². The van der Waals surface area contributed by atoms with E-state index < -0.39 is 0 Å². The first-order chi connectivity index (χ1) is 25.5. The van der Waals surface area contributed by atoms with Gasteiger partial charge in [-0.3, -0.25) is 15.0 Å². The first kappa shape index (κ1) is 32.4. The van der Waals surface area contributed by atoms with Crippen LogP contribution in [0.4, 0.5) is 0 Å². The summed E-state index contributed by atoms with van der Waals surface area (Å²) in [6.45, 7) is 4.09. The van der Waals surface area contributed by atoms with Crippen LogP contribution in [0, 0.1) is 6.92 Å². The van der Waals surface area contributed by atoms with Gasteiger partial charge in [-0.1, -0.05) is 121 Å². The number of hydrogen-bond acceptors (Lipinski definition) is 4. The molecule has 6 heteroatoms. The van der Waals surface area contributed by atoms with Gasteiger partial charge in [0.25, 0.3) is 0 Å². The molecule has 2 N–H and O–H groups in total. The summed E-state index contributed by atoms with van der Waals surface area (Å²) in [5, 5.41) is 2.15. The van der Waals surface area contributed by atoms with E-state index in [0.29, 0.717) is 11.7 Å². The van der Waals surface area contributed by atoms with E-state index in [1.54, 1.807) is 12.4 Å². The molecule has 0 saturated heterocycles. The number of pyridine rings is 3. The molecule has 0 saturated carbocycles. The smallest absolute Gasteiger partial charge is 0.157 e. The van der Waals surface area contributed by atoms with Gasteiger partial charge in [-0.15, -0.1) is 0 Å². The molecule has 0 aliphatic carbocycles. The lowest BCUT2D eigenvalue weighted by Crippen LogP contribution is -2.16. The van der Waals surface area contributed by atoms with Crippen molar-refractivity contribution < 1.29 is 0 Å². The Morgan fingerprint density at radius 1 is 0.596 bits per heavy atom. The van der Waals surface area contributed by atoms with Crippen LogP contribution < -0.4 is 5.73 Å². The van der Waals surface area contributed by atoms with Crippen molar-refractivity contribution in [1.82, 2.24) is 15.0 Å². The summed E-state index contributed by atoms with van der Waals surface area (Å²) in [7, 11) is 0. The lowest BCUT2D eigenvalue weighted by atomic mass is 9.98. The zero-order valence-electron chi connectivity index (χ0n) is 29.0. The molecule has 0 aliphatic heterocycles. The van der Waals surface area contributed by atoms with E-state index in [2.05, 4.69) is 108 Å². The molecule has 0 aliphatic rings. The predicted molar refractivity (Wildman–Crippen MR) is 214 cm³/mol. The Bertz CT molecular complexity index is 2580. The molecule has 0 amide bonds. The van der Waals surface area contributed by atoms with Gasteiger partial charge in [0.2, 0.25) is 0 Å². The topological polar surface area (TPSA) is 89.4 Å². The zero-order chi connectivity index (χ0) is 35.4. The molecule has 250 valence electrons. The third kappa shape index (κ3) is 6.70. The highest BCUT2D eigenvalue weighted by atomic mass is 15.0. The Morgan fingerprint density at radius 3 is 2.06 bits per heavy atom. The monoisotopic (exact) mass is 672 g/mol. The Kier molecular flexibility index (Phi) is 8.86. The summed E-state index contributed by atoms with van der Waals surface area (Å²) in [4.78, 5) is 24.2. The largest absolute Gasteiger partial charge is 0.383 e. The fraction of sp³-hybridized carbons (Fsp3) is 0.0652. The maximum absolute atomic E-state index is 6.50. The lowest BCUT2D eigenvalue weighted by Gasteiger charge is -2.12. The number of fused-ring (bicyclic) bond motifs is 3. The van der Waals surface area contributed by atoms with Crippen molar-refractivity contribution >= 4 is 33.5 Å². The highest BCUT2D eigenvalue weighted by molar-refractivity contribution is 6.11. The number of benzene rings is 5. The van der Waals surface area contributed by atoms with Gasteiger partial charge in [0, 0.05) is 45.6 Å². The minimum Gasteiger partial charge on any atom is -0.383 e. The molecule has 8 aromatic rings. The van der Waals surface area contributed by atoms with Crippen molar-refractivity contribution in [3.63, 3.8) is 0 Å². The average Bonchev–Trinajstić information content (AvgIpc) is 3.21. The van der Waals surface area contributed by atoms with Gasteiger partial charge in [0.15, 0.2) is 5.84 Å². The lowest BCUT2D eigenvalue weighted by molar-refractivity contribution is 0.816. The van der Waals surface area contributed by atoms with Crippen LogP contribution >= 0.6 is 0 Å². The minimum absolute atomic E-state index is 0.141. The minimum atomic E-state index is -0.141. The van der Waals surface area contributed by atoms with Crippen LogP contribution in [-0.2, 0) is 0 Å². The molecule has 3 aromatic heterocycles. The molecule has 0 spiro atoms. The second kappa shape index (κ2) is 14.2. The molecule has 3 heterocycles. The maximum Gasteiger partial charge on any atom is 0.157 e. The van der Waals surface area contributed by atoms with E-state index in [9.17, 15) is 0 Å². The van der Waals surface area contributed by atoms with E-state index in [-0.39, 0.29) is 6.04 Å². The summed E-state index contributed by atoms with van der Waals surface area (Å²) in [6.07, 6.45) is 3.56. The normalized spacial score (nSPS) is 12.7. The van der Waals surface area contributed by atoms with Crippen molar-refractivity contribution in [2.75, 3.05) is 0 Å². The molecule has 0 fully saturated rings. The first-order valence-electron chi connectivity index (χ1n) is 17.4. The van der Waals surface area contributed by atoms with Crippen LogP contribution in [0.15, 0.2) is 174 Å². The van der Waals surface area contributed by atoms with Crippen molar-refractivity contribution in [2.45, 2.75) is 19.9 Å². The fourth-order valence-corrected chi connectivity index (χ4v) is 6.54. The van der Waals surface area contributed by atoms with Crippen molar-refractivity contribution in [3.8, 4) is 33.5 Å². The van der Waals surface area contributed by atoms with Gasteiger partial charge in [-0.2, -0.15) is 0 Å². The van der Waals surface area contributed by atoms with Gasteiger partial charge in [-0.05, 0) is 72.0 Å². The summed E-state index contributed by atoms with van der Waals surface area (Å²) < 4.78 is 0. The number of hydrogen-bond donors (Lipinski definition) is 1. The van der Waals surface area contributed by atoms with E-state index >= 15 is 0 Å². The molecular weight excluding hydrogens is 637 g/mol. The number of rotatable bonds is 7. The number of aliphatic imine (C=N–C) groups is 2. The highest BCUT2D eigenvalue weighted by Gasteiger charge is 2.14. The molecular formula is C46H36N6. The maximum atomic E-state index is 6.50. The first-order valence-corrected chi connectivity index (χ1v) is 17.4. The summed E-state index contributed by atoms with van der Waals surface area (Å²) in [6, 6.07) is 51.5. The summed E-state index contributed by atoms with van der Waals surface area (Å²) >= 11 is 0. The number of aromatic nitrogens is 3. The number of nitrogens with two attached hydrogens (primary N) is 1. The molecule has 5 aromatic carbocycles. The second-order valence-electron chi connectivity index (χ2n) is 12.8. The number of nitrogens with zero attached hydrogens (tertiary/aromatic N) is 5. The summed E-state index contributed by atoms with van der Waals surface area (Å²) in [5.41, 5.74) is 18.5. The molecule has 8 rings (SSSR count). The van der Waals surface area contributed by atoms with Crippen molar-refractivity contribution in [2.24, 2.45) is 15.7 Å². The Morgan fingerprint density at radius 2 is 1.29 bits per heavy atom. The quantitative estimate of drug-likeness (QED) is 0.104. The molecule has 1 atom stereocenters. The van der Waals surface area contributed by atoms with Gasteiger partial charge >= 0.3 is 0 Å². The molecule has 0 radical (unpaired) electrons. The predicted octanol–water partition coefficient (Wildman–Crippen LogP) is 10.4. The van der Waals surface area contributed by atoms with Gasteiger partial charge < -0.3 is 5.73 Å². The fourth-order valence-electron chi connectivity index (χ4n) is 6.54. The van der Waals surface area contributed by atoms with Gasteiger partial charge in [0.05, 0.1) is 22.8 Å². The molecule has 52 heavy (non-hydrogen) atoms. The molecule has 1 unspecified atom stereocenters. The Balaban J connectivity index is 1.14. The Labute approximate surface area is 303 Å². The third-order valence-corrected chi connectivity index (χ3v) is 9.29. The van der Waals surface area contributed by atoms with Crippen LogP contribution in [-0.4, -0.2) is 26.6 Å². The number of amidine groups is 2. The average molecular weight is 673 g/mol.